The van der Waals surface area contributed by atoms with E-state index in [4.69, 9.17) is 23.2 Å². The molecule has 1 fully saturated rings. The molecule has 3 heterocycles. The summed E-state index contributed by atoms with van der Waals surface area (Å²) in [4.78, 5) is 17.2. The van der Waals surface area contributed by atoms with E-state index in [2.05, 4.69) is 20.2 Å². The van der Waals surface area contributed by atoms with E-state index in [0.717, 1.165) is 63.2 Å². The Morgan fingerprint density at radius 1 is 1.00 bits per heavy atom. The van der Waals surface area contributed by atoms with Crippen LogP contribution in [0, 0.1) is 0 Å². The number of unbranched alkanes of at least 4 members (excludes halogenated alkanes) is 2. The molecule has 4 rings (SSSR count). The maximum absolute atomic E-state index is 12.4. The van der Waals surface area contributed by atoms with Gasteiger partial charge in [0.25, 0.3) is 5.91 Å². The van der Waals surface area contributed by atoms with E-state index in [9.17, 15) is 4.79 Å². The molecule has 1 aliphatic heterocycles. The Balaban J connectivity index is 1.12. The summed E-state index contributed by atoms with van der Waals surface area (Å²) >= 11 is 12.5. The topological polar surface area (TPSA) is 52.9 Å². The van der Waals surface area contributed by atoms with Crippen LogP contribution in [0.2, 0.25) is 10.0 Å². The zero-order chi connectivity index (χ0) is 21.6. The molecule has 1 saturated heterocycles. The van der Waals surface area contributed by atoms with Gasteiger partial charge in [-0.05, 0) is 43.7 Å². The zero-order valence-electron chi connectivity index (χ0n) is 17.4. The Morgan fingerprint density at radius 3 is 2.68 bits per heavy atom. The van der Waals surface area contributed by atoms with Gasteiger partial charge in [-0.1, -0.05) is 41.8 Å². The van der Waals surface area contributed by atoms with Gasteiger partial charge >= 0.3 is 0 Å². The number of hydrogen-bond donors (Lipinski definition) is 1. The van der Waals surface area contributed by atoms with Crippen LogP contribution in [0.4, 0.5) is 5.69 Å². The molecule has 0 atom stereocenters. The summed E-state index contributed by atoms with van der Waals surface area (Å²) < 4.78 is 1.72. The number of rotatable bonds is 8. The first-order chi connectivity index (χ1) is 15.1. The molecular weight excluding hydrogens is 433 g/mol. The number of halogens is 2. The maximum atomic E-state index is 12.4. The molecule has 6 nitrogen and oxygen atoms in total. The van der Waals surface area contributed by atoms with Gasteiger partial charge in [0, 0.05) is 38.9 Å². The highest BCUT2D eigenvalue weighted by Gasteiger charge is 2.19. The van der Waals surface area contributed by atoms with Crippen molar-refractivity contribution < 1.29 is 4.79 Å². The van der Waals surface area contributed by atoms with Crippen molar-refractivity contribution >= 4 is 40.3 Å². The molecule has 164 valence electrons. The second-order valence-corrected chi connectivity index (χ2v) is 8.59. The highest BCUT2D eigenvalue weighted by atomic mass is 35.5. The van der Waals surface area contributed by atoms with E-state index in [1.54, 1.807) is 10.7 Å². The third kappa shape index (κ3) is 5.32. The first-order valence-corrected chi connectivity index (χ1v) is 11.5. The Labute approximate surface area is 192 Å². The molecule has 0 bridgehead atoms. The number of pyridine rings is 1. The van der Waals surface area contributed by atoms with Crippen LogP contribution in [0.3, 0.4) is 0 Å². The predicted octanol–water partition coefficient (Wildman–Crippen LogP) is 4.36. The number of amides is 1. The maximum Gasteiger partial charge on any atom is 0.255 e. The second-order valence-electron chi connectivity index (χ2n) is 7.81. The molecule has 3 aromatic rings. The Kier molecular flexibility index (Phi) is 7.33. The predicted molar refractivity (Wildman–Crippen MR) is 126 cm³/mol. The monoisotopic (exact) mass is 459 g/mol. The number of benzene rings is 1. The highest BCUT2D eigenvalue weighted by Crippen LogP contribution is 2.32. The van der Waals surface area contributed by atoms with Crippen molar-refractivity contribution in [2.75, 3.05) is 44.2 Å². The second kappa shape index (κ2) is 10.4. The number of carbonyl (C=O) groups is 1. The van der Waals surface area contributed by atoms with Gasteiger partial charge in [0.1, 0.15) is 0 Å². The van der Waals surface area contributed by atoms with E-state index < -0.39 is 0 Å². The van der Waals surface area contributed by atoms with Crippen molar-refractivity contribution in [3.63, 3.8) is 0 Å². The van der Waals surface area contributed by atoms with E-state index in [1.807, 2.05) is 42.6 Å². The SMILES string of the molecule is O=C(NCCCCCN1CCN(c2cccc(Cl)c2Cl)CC1)c1cnn2ccccc12. The number of fused-ring (bicyclic) bond motifs is 1. The number of nitrogens with zero attached hydrogens (tertiary/aromatic N) is 4. The van der Waals surface area contributed by atoms with Crippen LogP contribution in [0.5, 0.6) is 0 Å². The van der Waals surface area contributed by atoms with Crippen molar-refractivity contribution in [2.45, 2.75) is 19.3 Å². The quantitative estimate of drug-likeness (QED) is 0.508. The lowest BCUT2D eigenvalue weighted by molar-refractivity contribution is 0.0954. The fraction of sp³-hybridized carbons (Fsp3) is 0.391. The number of anilines is 1. The Hall–Kier alpha value is -2.28. The molecule has 0 saturated carbocycles. The van der Waals surface area contributed by atoms with Crippen LogP contribution < -0.4 is 10.2 Å². The van der Waals surface area contributed by atoms with Gasteiger partial charge in [0.2, 0.25) is 0 Å². The fourth-order valence-electron chi connectivity index (χ4n) is 3.99. The minimum atomic E-state index is -0.0583. The van der Waals surface area contributed by atoms with Crippen LogP contribution in [0.15, 0.2) is 48.8 Å². The van der Waals surface area contributed by atoms with E-state index in [-0.39, 0.29) is 5.91 Å². The molecule has 1 aliphatic rings. The molecule has 0 unspecified atom stereocenters. The zero-order valence-corrected chi connectivity index (χ0v) is 18.9. The molecule has 31 heavy (non-hydrogen) atoms. The summed E-state index contributed by atoms with van der Waals surface area (Å²) in [5.41, 5.74) is 2.48. The first-order valence-electron chi connectivity index (χ1n) is 10.8. The summed E-state index contributed by atoms with van der Waals surface area (Å²) in [7, 11) is 0. The van der Waals surface area contributed by atoms with Crippen molar-refractivity contribution in [3.05, 3.63) is 64.4 Å². The lowest BCUT2D eigenvalue weighted by atomic mass is 10.2. The third-order valence-corrected chi connectivity index (χ3v) is 6.56. The van der Waals surface area contributed by atoms with Gasteiger partial charge in [-0.25, -0.2) is 4.52 Å². The van der Waals surface area contributed by atoms with Gasteiger partial charge in [0.05, 0.1) is 33.0 Å². The van der Waals surface area contributed by atoms with E-state index in [0.29, 0.717) is 22.2 Å². The fourth-order valence-corrected chi connectivity index (χ4v) is 4.41. The standard InChI is InChI=1S/C23H27Cl2N5O/c24-19-7-6-9-21(22(19)25)29-15-13-28(14-16-29)11-4-1-3-10-26-23(31)18-17-27-30-12-5-2-8-20(18)30/h2,5-9,12,17H,1,3-4,10-11,13-16H2,(H,26,31). The van der Waals surface area contributed by atoms with E-state index in [1.165, 1.54) is 0 Å². The van der Waals surface area contributed by atoms with Crippen LogP contribution >= 0.6 is 23.2 Å². The minimum Gasteiger partial charge on any atom is -0.368 e. The Morgan fingerprint density at radius 2 is 1.84 bits per heavy atom. The van der Waals surface area contributed by atoms with Crippen molar-refractivity contribution in [3.8, 4) is 0 Å². The summed E-state index contributed by atoms with van der Waals surface area (Å²) in [5.74, 6) is -0.0583. The molecule has 0 radical (unpaired) electrons. The third-order valence-electron chi connectivity index (χ3n) is 5.75. The molecule has 0 spiro atoms. The molecule has 1 amide bonds. The summed E-state index contributed by atoms with van der Waals surface area (Å²) in [5, 5.41) is 8.48. The molecule has 1 aromatic carbocycles. The van der Waals surface area contributed by atoms with Gasteiger partial charge in [-0.3, -0.25) is 9.69 Å². The average molecular weight is 460 g/mol. The normalized spacial score (nSPS) is 14.8. The average Bonchev–Trinajstić information content (AvgIpc) is 3.23. The molecular formula is C23H27Cl2N5O. The lowest BCUT2D eigenvalue weighted by Gasteiger charge is -2.36. The number of nitrogens with one attached hydrogen (secondary N) is 1. The molecule has 8 heteroatoms. The van der Waals surface area contributed by atoms with Crippen molar-refractivity contribution in [1.29, 1.82) is 0 Å². The van der Waals surface area contributed by atoms with Crippen molar-refractivity contribution in [2.24, 2.45) is 0 Å². The number of carbonyl (C=O) groups excluding carboxylic acids is 1. The van der Waals surface area contributed by atoms with Crippen LogP contribution in [-0.2, 0) is 0 Å². The van der Waals surface area contributed by atoms with Gasteiger partial charge in [-0.15, -0.1) is 0 Å². The first kappa shape index (κ1) is 21.9. The molecule has 0 aliphatic carbocycles. The summed E-state index contributed by atoms with van der Waals surface area (Å²) in [6.45, 7) is 5.72. The smallest absolute Gasteiger partial charge is 0.255 e. The minimum absolute atomic E-state index is 0.0583. The van der Waals surface area contributed by atoms with Crippen LogP contribution in [-0.4, -0.2) is 59.7 Å². The summed E-state index contributed by atoms with van der Waals surface area (Å²) in [6, 6.07) is 11.5. The largest absolute Gasteiger partial charge is 0.368 e. The highest BCUT2D eigenvalue weighted by molar-refractivity contribution is 6.43. The van der Waals surface area contributed by atoms with Crippen molar-refractivity contribution in [1.82, 2.24) is 19.8 Å². The number of piperazine rings is 1. The van der Waals surface area contributed by atoms with Crippen LogP contribution in [0.25, 0.3) is 5.52 Å². The molecule has 2 aromatic heterocycles. The Bertz CT molecular complexity index is 1030. The molecule has 1 N–H and O–H groups in total. The van der Waals surface area contributed by atoms with Gasteiger partial charge in [0.15, 0.2) is 0 Å². The van der Waals surface area contributed by atoms with Gasteiger partial charge in [-0.2, -0.15) is 5.10 Å². The number of hydrogen-bond acceptors (Lipinski definition) is 4. The summed E-state index contributed by atoms with van der Waals surface area (Å²) in [6.07, 6.45) is 6.67. The van der Waals surface area contributed by atoms with E-state index >= 15 is 0 Å². The number of aromatic nitrogens is 2. The van der Waals surface area contributed by atoms with Gasteiger partial charge < -0.3 is 10.2 Å². The van der Waals surface area contributed by atoms with Crippen LogP contribution in [0.1, 0.15) is 29.6 Å². The lowest BCUT2D eigenvalue weighted by Crippen LogP contribution is -2.46.